The Bertz CT molecular complexity index is 295. The second-order valence-corrected chi connectivity index (χ2v) is 7.21. The summed E-state index contributed by atoms with van der Waals surface area (Å²) in [7, 11) is 1.01. The summed E-state index contributed by atoms with van der Waals surface area (Å²) in [6, 6.07) is 10.9. The van der Waals surface area contributed by atoms with E-state index in [1.807, 2.05) is 7.05 Å². The third kappa shape index (κ3) is 3.55. The summed E-state index contributed by atoms with van der Waals surface area (Å²) in [4.78, 5) is 0. The van der Waals surface area contributed by atoms with Crippen LogP contribution in [0.15, 0.2) is 42.2 Å². The Morgan fingerprint density at radius 3 is 2.53 bits per heavy atom. The fourth-order valence-electron chi connectivity index (χ4n) is 1.76. The maximum Gasteiger partial charge on any atom is 0.0985 e. The second-order valence-electron chi connectivity index (χ2n) is 3.97. The Hall–Kier alpha value is -1.02. The van der Waals surface area contributed by atoms with E-state index in [0.717, 1.165) is 5.54 Å². The van der Waals surface area contributed by atoms with Crippen molar-refractivity contribution in [1.82, 2.24) is 5.32 Å². The lowest BCUT2D eigenvalue weighted by atomic mass is 10.4. The molecular formula is C13H21NSi. The number of rotatable bonds is 5. The van der Waals surface area contributed by atoms with E-state index in [1.165, 1.54) is 6.42 Å². The average Bonchev–Trinajstić information content (AvgIpc) is 2.30. The molecule has 2 heteroatoms. The predicted octanol–water partition coefficient (Wildman–Crippen LogP) is 2.19. The Balaban J connectivity index is 2.86. The van der Waals surface area contributed by atoms with E-state index in [4.69, 9.17) is 0 Å². The monoisotopic (exact) mass is 219 g/mol. The first-order chi connectivity index (χ1) is 7.29. The lowest BCUT2D eigenvalue weighted by molar-refractivity contribution is 0.865. The maximum absolute atomic E-state index is 3.10. The van der Waals surface area contributed by atoms with Gasteiger partial charge in [-0.3, -0.25) is 0 Å². The summed E-state index contributed by atoms with van der Waals surface area (Å²) in [6.07, 6.45) is 3.36. The minimum absolute atomic E-state index is 0.817. The van der Waals surface area contributed by atoms with Gasteiger partial charge in [-0.05, 0) is 11.7 Å². The van der Waals surface area contributed by atoms with Gasteiger partial charge in [-0.1, -0.05) is 61.5 Å². The molecule has 0 bridgehead atoms. The standard InChI is InChI=1S/C13H21NSi/c1-4-12(2)15(11-10-14-3)13-8-6-5-7-9-13/h5-12,14-15H,4H2,1-3H3. The second kappa shape index (κ2) is 6.46. The highest BCUT2D eigenvalue weighted by molar-refractivity contribution is 6.78. The molecule has 1 aromatic rings. The number of benzene rings is 1. The van der Waals surface area contributed by atoms with Gasteiger partial charge in [0.25, 0.3) is 0 Å². The van der Waals surface area contributed by atoms with Crippen molar-refractivity contribution in [1.29, 1.82) is 0 Å². The van der Waals surface area contributed by atoms with Crippen molar-refractivity contribution >= 4 is 14.0 Å². The molecule has 0 aliphatic carbocycles. The largest absolute Gasteiger partial charge is 0.395 e. The Morgan fingerprint density at radius 2 is 2.00 bits per heavy atom. The van der Waals surface area contributed by atoms with E-state index in [9.17, 15) is 0 Å². The van der Waals surface area contributed by atoms with Crippen LogP contribution in [-0.4, -0.2) is 15.8 Å². The van der Waals surface area contributed by atoms with Crippen LogP contribution >= 0.6 is 0 Å². The summed E-state index contributed by atoms with van der Waals surface area (Å²) in [5, 5.41) is 4.64. The summed E-state index contributed by atoms with van der Waals surface area (Å²) < 4.78 is 0. The number of hydrogen-bond acceptors (Lipinski definition) is 1. The van der Waals surface area contributed by atoms with E-state index in [2.05, 4.69) is 61.4 Å². The Morgan fingerprint density at radius 1 is 1.33 bits per heavy atom. The molecule has 1 nitrogen and oxygen atoms in total. The van der Waals surface area contributed by atoms with E-state index in [1.54, 1.807) is 5.19 Å². The van der Waals surface area contributed by atoms with Gasteiger partial charge in [0.1, 0.15) is 0 Å². The van der Waals surface area contributed by atoms with Crippen molar-refractivity contribution in [3.63, 3.8) is 0 Å². The highest BCUT2D eigenvalue weighted by Gasteiger charge is 2.16. The molecule has 0 aliphatic heterocycles. The zero-order valence-electron chi connectivity index (χ0n) is 9.90. The molecule has 0 aliphatic rings. The molecule has 15 heavy (non-hydrogen) atoms. The van der Waals surface area contributed by atoms with Crippen LogP contribution in [0.25, 0.3) is 0 Å². The lowest BCUT2D eigenvalue weighted by Crippen LogP contribution is -2.32. The summed E-state index contributed by atoms with van der Waals surface area (Å²) in [6.45, 7) is 4.64. The van der Waals surface area contributed by atoms with Gasteiger partial charge in [-0.15, -0.1) is 0 Å². The van der Waals surface area contributed by atoms with Crippen LogP contribution < -0.4 is 10.5 Å². The molecule has 0 amide bonds. The van der Waals surface area contributed by atoms with Crippen molar-refractivity contribution in [3.8, 4) is 0 Å². The Kier molecular flexibility index (Phi) is 5.19. The molecule has 0 fully saturated rings. The van der Waals surface area contributed by atoms with Gasteiger partial charge in [-0.25, -0.2) is 0 Å². The van der Waals surface area contributed by atoms with Gasteiger partial charge in [-0.2, -0.15) is 0 Å². The van der Waals surface area contributed by atoms with Gasteiger partial charge >= 0.3 is 0 Å². The quantitative estimate of drug-likeness (QED) is 0.749. The van der Waals surface area contributed by atoms with Gasteiger partial charge in [0.05, 0.1) is 8.80 Å². The smallest absolute Gasteiger partial charge is 0.0985 e. The molecule has 2 unspecified atom stereocenters. The summed E-state index contributed by atoms with van der Waals surface area (Å²) >= 11 is 0. The van der Waals surface area contributed by atoms with Crippen LogP contribution in [0.1, 0.15) is 20.3 Å². The van der Waals surface area contributed by atoms with Crippen LogP contribution in [0, 0.1) is 0 Å². The highest BCUT2D eigenvalue weighted by atomic mass is 28.3. The number of nitrogens with one attached hydrogen (secondary N) is 1. The van der Waals surface area contributed by atoms with Crippen molar-refractivity contribution in [3.05, 3.63) is 42.2 Å². The molecular weight excluding hydrogens is 198 g/mol. The van der Waals surface area contributed by atoms with Crippen LogP contribution in [0.4, 0.5) is 0 Å². The first kappa shape index (κ1) is 12.0. The molecule has 0 aromatic heterocycles. The first-order valence-electron chi connectivity index (χ1n) is 5.68. The van der Waals surface area contributed by atoms with E-state index in [-0.39, 0.29) is 0 Å². The van der Waals surface area contributed by atoms with Crippen molar-refractivity contribution in [2.75, 3.05) is 7.05 Å². The SMILES string of the molecule is CCC(C)[SiH](C=CNC)c1ccccc1. The molecule has 1 rings (SSSR count). The van der Waals surface area contributed by atoms with Gasteiger partial charge in [0.2, 0.25) is 0 Å². The first-order valence-corrected chi connectivity index (χ1v) is 7.59. The number of hydrogen-bond donors (Lipinski definition) is 1. The molecule has 0 radical (unpaired) electrons. The van der Waals surface area contributed by atoms with E-state index in [0.29, 0.717) is 0 Å². The van der Waals surface area contributed by atoms with Crippen LogP contribution in [0.2, 0.25) is 5.54 Å². The van der Waals surface area contributed by atoms with Crippen molar-refractivity contribution in [2.24, 2.45) is 0 Å². The molecule has 82 valence electrons. The minimum atomic E-state index is -0.947. The Labute approximate surface area is 94.8 Å². The molecule has 1 aromatic carbocycles. The molecule has 0 heterocycles. The van der Waals surface area contributed by atoms with Crippen LogP contribution in [0.5, 0.6) is 0 Å². The molecule has 0 spiro atoms. The third-order valence-corrected chi connectivity index (χ3v) is 6.37. The topological polar surface area (TPSA) is 12.0 Å². The molecule has 0 saturated heterocycles. The van der Waals surface area contributed by atoms with Crippen molar-refractivity contribution < 1.29 is 0 Å². The van der Waals surface area contributed by atoms with Gasteiger partial charge in [0, 0.05) is 7.05 Å². The maximum atomic E-state index is 3.10. The van der Waals surface area contributed by atoms with Gasteiger partial charge in [0.15, 0.2) is 0 Å². The lowest BCUT2D eigenvalue weighted by Gasteiger charge is -2.18. The fraction of sp³-hybridized carbons (Fsp3) is 0.385. The van der Waals surface area contributed by atoms with Gasteiger partial charge < -0.3 is 5.32 Å². The average molecular weight is 219 g/mol. The molecule has 1 N–H and O–H groups in total. The normalized spacial score (nSPS) is 15.1. The zero-order valence-corrected chi connectivity index (χ0v) is 11.1. The van der Waals surface area contributed by atoms with E-state index >= 15 is 0 Å². The molecule has 2 atom stereocenters. The minimum Gasteiger partial charge on any atom is -0.395 e. The van der Waals surface area contributed by atoms with Crippen molar-refractivity contribution in [2.45, 2.75) is 25.8 Å². The summed E-state index contributed by atoms with van der Waals surface area (Å²) in [5.41, 5.74) is 3.21. The van der Waals surface area contributed by atoms with E-state index < -0.39 is 8.80 Å². The fourth-order valence-corrected chi connectivity index (χ4v) is 4.59. The zero-order chi connectivity index (χ0) is 11.1. The highest BCUT2D eigenvalue weighted by Crippen LogP contribution is 2.14. The predicted molar refractivity (Wildman–Crippen MR) is 71.1 cm³/mol. The van der Waals surface area contributed by atoms with Crippen LogP contribution in [-0.2, 0) is 0 Å². The van der Waals surface area contributed by atoms with Crippen LogP contribution in [0.3, 0.4) is 0 Å². The summed E-state index contributed by atoms with van der Waals surface area (Å²) in [5.74, 6) is 0. The third-order valence-electron chi connectivity index (χ3n) is 2.91. The molecule has 0 saturated carbocycles.